The molecule has 6 nitrogen and oxygen atoms in total. The first-order chi connectivity index (χ1) is 13.4. The quantitative estimate of drug-likeness (QED) is 0.679. The van der Waals surface area contributed by atoms with E-state index in [1.165, 1.54) is 4.90 Å². The van der Waals surface area contributed by atoms with Crippen LogP contribution in [-0.4, -0.2) is 48.0 Å². The van der Waals surface area contributed by atoms with Gasteiger partial charge in [-0.2, -0.15) is 0 Å². The van der Waals surface area contributed by atoms with Crippen molar-refractivity contribution in [2.45, 2.75) is 25.2 Å². The van der Waals surface area contributed by atoms with E-state index in [2.05, 4.69) is 21.5 Å². The summed E-state index contributed by atoms with van der Waals surface area (Å²) in [5.74, 6) is -2.20. The number of amides is 1. The van der Waals surface area contributed by atoms with E-state index in [0.717, 1.165) is 17.8 Å². The second kappa shape index (κ2) is 7.62. The van der Waals surface area contributed by atoms with Crippen molar-refractivity contribution in [3.05, 3.63) is 34.4 Å². The number of aromatic nitrogens is 2. The maximum atomic E-state index is 13.3. The van der Waals surface area contributed by atoms with Crippen molar-refractivity contribution in [2.75, 3.05) is 31.1 Å². The lowest BCUT2D eigenvalue weighted by Gasteiger charge is -2.40. The van der Waals surface area contributed by atoms with Gasteiger partial charge in [0, 0.05) is 12.6 Å². The monoisotopic (exact) mass is 409 g/mol. The summed E-state index contributed by atoms with van der Waals surface area (Å²) in [6, 6.07) is 3.29. The first-order valence-electron chi connectivity index (χ1n) is 9.34. The van der Waals surface area contributed by atoms with Crippen LogP contribution >= 0.6 is 10.5 Å². The van der Waals surface area contributed by atoms with Crippen molar-refractivity contribution < 1.29 is 18.3 Å². The van der Waals surface area contributed by atoms with E-state index in [9.17, 15) is 13.6 Å². The van der Waals surface area contributed by atoms with Gasteiger partial charge in [0.15, 0.2) is 11.1 Å². The smallest absolute Gasteiger partial charge is 0.282 e. The van der Waals surface area contributed by atoms with Crippen molar-refractivity contribution in [3.8, 4) is 5.88 Å². The third-order valence-corrected chi connectivity index (χ3v) is 6.47. The van der Waals surface area contributed by atoms with Gasteiger partial charge in [-0.3, -0.25) is 4.79 Å². The van der Waals surface area contributed by atoms with Gasteiger partial charge in [-0.25, -0.2) is 18.7 Å². The normalized spacial score (nSPS) is 18.5. The maximum absolute atomic E-state index is 13.3. The van der Waals surface area contributed by atoms with Gasteiger partial charge in [-0.1, -0.05) is 0 Å². The highest BCUT2D eigenvalue weighted by molar-refractivity contribution is 7.27. The summed E-state index contributed by atoms with van der Waals surface area (Å²) in [5.41, 5.74) is 0.545. The van der Waals surface area contributed by atoms with E-state index in [4.69, 9.17) is 4.74 Å². The Kier molecular flexibility index (Phi) is 5.18. The molecule has 0 aromatic carbocycles. The Hall–Kier alpha value is -2.29. The first-order valence-corrected chi connectivity index (χ1v) is 11.0. The molecule has 1 saturated heterocycles. The van der Waals surface area contributed by atoms with E-state index >= 15 is 0 Å². The fourth-order valence-corrected chi connectivity index (χ4v) is 4.12. The Labute approximate surface area is 164 Å². The predicted molar refractivity (Wildman–Crippen MR) is 103 cm³/mol. The fraction of sp³-hybridized carbons (Fsp3) is 0.526. The molecule has 0 spiro atoms. The minimum atomic E-state index is -2.72. The standard InChI is InChI=1S/C19H22F2N4O2S/c1-28-9-8-22-16(28)6-7-23-18(26)17-14(25-11-19(20,21)12-25)4-5-15(24-17)27-10-13-2-3-13/h4-5,8-9,13H,2-3,6-7,10-12H2,1H3/p+1. The molecule has 1 aliphatic heterocycles. The van der Waals surface area contributed by atoms with E-state index in [1.54, 1.807) is 18.3 Å². The van der Waals surface area contributed by atoms with E-state index < -0.39 is 19.0 Å². The van der Waals surface area contributed by atoms with Gasteiger partial charge in [0.2, 0.25) is 10.9 Å². The minimum absolute atomic E-state index is 0.00336. The van der Waals surface area contributed by atoms with Crippen molar-refractivity contribution in [1.29, 1.82) is 0 Å². The molecule has 2 aromatic rings. The van der Waals surface area contributed by atoms with Crippen molar-refractivity contribution in [2.24, 2.45) is 12.2 Å². The number of anilines is 1. The molecule has 1 saturated carbocycles. The van der Waals surface area contributed by atoms with Gasteiger partial charge >= 0.3 is 0 Å². The summed E-state index contributed by atoms with van der Waals surface area (Å²) < 4.78 is 32.3. The topological polar surface area (TPSA) is 67.3 Å². The Morgan fingerprint density at radius 1 is 1.39 bits per heavy atom. The zero-order valence-corrected chi connectivity index (χ0v) is 16.5. The number of rotatable bonds is 8. The number of pyridine rings is 1. The lowest BCUT2D eigenvalue weighted by Crippen LogP contribution is -2.57. The van der Waals surface area contributed by atoms with Crippen LogP contribution in [0.5, 0.6) is 5.88 Å². The third-order valence-electron chi connectivity index (χ3n) is 4.89. The van der Waals surface area contributed by atoms with Gasteiger partial charge in [-0.05, 0) is 35.3 Å². The van der Waals surface area contributed by atoms with Crippen LogP contribution in [0.1, 0.15) is 28.3 Å². The number of hydrogen-bond donors (Lipinski definition) is 1. The lowest BCUT2D eigenvalue weighted by atomic mass is 10.1. The van der Waals surface area contributed by atoms with Crippen LogP contribution in [0, 0.1) is 5.92 Å². The van der Waals surface area contributed by atoms with Gasteiger partial charge in [0.25, 0.3) is 11.8 Å². The summed E-state index contributed by atoms with van der Waals surface area (Å²) in [7, 11) is 0.00336. The zero-order valence-electron chi connectivity index (χ0n) is 15.7. The highest BCUT2D eigenvalue weighted by Crippen LogP contribution is 2.35. The average molecular weight is 409 g/mol. The molecular weight excluding hydrogens is 386 g/mol. The number of alkyl halides is 2. The Bertz CT molecular complexity index is 861. The van der Waals surface area contributed by atoms with E-state index in [1.807, 2.05) is 5.38 Å². The minimum Gasteiger partial charge on any atom is -0.477 e. The molecule has 2 fully saturated rings. The molecule has 1 amide bonds. The summed E-state index contributed by atoms with van der Waals surface area (Å²) in [5, 5.41) is 5.91. The second-order valence-corrected chi connectivity index (χ2v) is 9.21. The lowest BCUT2D eigenvalue weighted by molar-refractivity contribution is -0.0263. The molecule has 3 heterocycles. The largest absolute Gasteiger partial charge is 0.477 e. The molecule has 4 rings (SSSR count). The fourth-order valence-electron chi connectivity index (χ4n) is 3.07. The SMILES string of the molecule is C[s+]1ccnc1CCNC(=O)c1nc(OCC2CC2)ccc1N1CC(F)(F)C1. The number of halogens is 2. The summed E-state index contributed by atoms with van der Waals surface area (Å²) >= 11 is 0. The van der Waals surface area contributed by atoms with Crippen LogP contribution in [0.2, 0.25) is 0 Å². The maximum Gasteiger partial charge on any atom is 0.282 e. The Morgan fingerprint density at radius 3 is 2.82 bits per heavy atom. The number of ether oxygens (including phenoxy) is 1. The van der Waals surface area contributed by atoms with Gasteiger partial charge in [0.1, 0.15) is 6.26 Å². The number of carbonyl (C=O) groups excluding carboxylic acids is 1. The Balaban J connectivity index is 1.45. The van der Waals surface area contributed by atoms with Crippen molar-refractivity contribution in [1.82, 2.24) is 15.3 Å². The molecule has 1 N–H and O–H groups in total. The average Bonchev–Trinajstić information content (AvgIpc) is 3.39. The molecule has 1 unspecified atom stereocenters. The highest BCUT2D eigenvalue weighted by atomic mass is 32.2. The molecule has 0 bridgehead atoms. The molecule has 2 aliphatic rings. The Morgan fingerprint density at radius 2 is 2.18 bits per heavy atom. The number of hydrogen-bond acceptors (Lipinski definition) is 5. The molecule has 150 valence electrons. The molecular formula is C19H23F2N4O2S+. The summed E-state index contributed by atoms with van der Waals surface area (Å²) in [6.07, 6.45) is 6.80. The second-order valence-electron chi connectivity index (χ2n) is 7.36. The summed E-state index contributed by atoms with van der Waals surface area (Å²) in [4.78, 5) is 22.8. The number of nitrogens with one attached hydrogen (secondary N) is 1. The molecule has 0 radical (unpaired) electrons. The van der Waals surface area contributed by atoms with Gasteiger partial charge in [0.05, 0.1) is 38.0 Å². The van der Waals surface area contributed by atoms with Crippen LogP contribution in [0.15, 0.2) is 23.7 Å². The van der Waals surface area contributed by atoms with E-state index in [-0.39, 0.29) is 22.1 Å². The first kappa shape index (κ1) is 19.0. The van der Waals surface area contributed by atoms with Crippen molar-refractivity contribution >= 4 is 22.1 Å². The van der Waals surface area contributed by atoms with Crippen LogP contribution in [0.3, 0.4) is 0 Å². The molecule has 28 heavy (non-hydrogen) atoms. The van der Waals surface area contributed by atoms with E-state index in [0.29, 0.717) is 37.1 Å². The highest BCUT2D eigenvalue weighted by Gasteiger charge is 2.45. The number of thiazole rings is 1. The van der Waals surface area contributed by atoms with Gasteiger partial charge < -0.3 is 15.0 Å². The third kappa shape index (κ3) is 4.40. The number of carbonyl (C=O) groups is 1. The number of aryl methyl sites for hydroxylation is 1. The predicted octanol–water partition coefficient (Wildman–Crippen LogP) is 2.98. The molecule has 1 atom stereocenters. The molecule has 2 aromatic heterocycles. The van der Waals surface area contributed by atoms with Crippen LogP contribution in [-0.2, 0) is 12.7 Å². The van der Waals surface area contributed by atoms with Gasteiger partial charge in [-0.15, -0.1) is 0 Å². The summed E-state index contributed by atoms with van der Waals surface area (Å²) in [6.45, 7) is 0.179. The number of nitrogens with zero attached hydrogens (tertiary/aromatic N) is 3. The molecule has 9 heteroatoms. The van der Waals surface area contributed by atoms with Crippen LogP contribution in [0.4, 0.5) is 14.5 Å². The molecule has 1 aliphatic carbocycles. The van der Waals surface area contributed by atoms with Crippen LogP contribution < -0.4 is 15.0 Å². The van der Waals surface area contributed by atoms with Crippen LogP contribution in [0.25, 0.3) is 0 Å². The van der Waals surface area contributed by atoms with Crippen molar-refractivity contribution in [3.63, 3.8) is 0 Å². The zero-order chi connectivity index (χ0) is 19.7.